The molecule has 0 aliphatic rings. The van der Waals surface area contributed by atoms with Gasteiger partial charge in [-0.1, -0.05) is 22.9 Å². The van der Waals surface area contributed by atoms with Crippen LogP contribution >= 0.6 is 7.82 Å². The van der Waals surface area contributed by atoms with Crippen molar-refractivity contribution in [3.05, 3.63) is 29.8 Å². The molecule has 0 saturated carbocycles. The summed E-state index contributed by atoms with van der Waals surface area (Å²) in [5.74, 6) is -0.664. The van der Waals surface area contributed by atoms with Gasteiger partial charge in [0, 0.05) is 6.92 Å². The second-order valence-corrected chi connectivity index (χ2v) is 4.24. The molecule has 0 aliphatic carbocycles. The molecule has 6 nitrogen and oxygen atoms in total. The van der Waals surface area contributed by atoms with Crippen molar-refractivity contribution in [1.29, 1.82) is 0 Å². The Bertz CT molecular complexity index is 430. The first-order valence-corrected chi connectivity index (χ1v) is 5.85. The second kappa shape index (κ2) is 5.12. The quantitative estimate of drug-likeness (QED) is 0.496. The first-order valence-electron chi connectivity index (χ1n) is 4.35. The third-order valence-electron chi connectivity index (χ3n) is 1.56. The highest BCUT2D eigenvalue weighted by molar-refractivity contribution is 7.47. The van der Waals surface area contributed by atoms with E-state index < -0.39 is 13.8 Å². The number of phosphoric acid groups is 1. The molecule has 1 aromatic carbocycles. The molecule has 16 heavy (non-hydrogen) atoms. The van der Waals surface area contributed by atoms with E-state index in [-0.39, 0.29) is 5.75 Å². The number of carbonyl (C=O) groups is 1. The maximum Gasteiger partial charge on any atom is 0.564 e. The molecular formula is C9H11O6P. The molecule has 1 rings (SSSR count). The Labute approximate surface area is 92.3 Å². The van der Waals surface area contributed by atoms with Crippen LogP contribution in [0.5, 0.6) is 5.75 Å². The predicted molar refractivity (Wildman–Crippen MR) is 54.5 cm³/mol. The lowest BCUT2D eigenvalue weighted by Crippen LogP contribution is -2.03. The topological polar surface area (TPSA) is 82.1 Å². The summed E-state index contributed by atoms with van der Waals surface area (Å²) in [6.45, 7) is 2.73. The maximum atomic E-state index is 11.3. The smallest absolute Gasteiger partial charge is 0.402 e. The lowest BCUT2D eigenvalue weighted by molar-refractivity contribution is -0.218. The van der Waals surface area contributed by atoms with Crippen molar-refractivity contribution >= 4 is 13.8 Å². The fraction of sp³-hybridized carbons (Fsp3) is 0.222. The fourth-order valence-corrected chi connectivity index (χ4v) is 1.58. The Morgan fingerprint density at radius 3 is 2.56 bits per heavy atom. The summed E-state index contributed by atoms with van der Waals surface area (Å²) in [6.07, 6.45) is 0. The summed E-state index contributed by atoms with van der Waals surface area (Å²) < 4.78 is 20.0. The predicted octanol–water partition coefficient (Wildman–Crippen LogP) is 1.97. The van der Waals surface area contributed by atoms with Gasteiger partial charge in [-0.15, -0.1) is 0 Å². The largest absolute Gasteiger partial charge is 0.564 e. The Hall–Kier alpha value is -1.36. The Kier molecular flexibility index (Phi) is 4.06. The Morgan fingerprint density at radius 2 is 2.00 bits per heavy atom. The molecule has 0 saturated heterocycles. The van der Waals surface area contributed by atoms with E-state index in [2.05, 4.69) is 9.56 Å². The molecule has 0 aliphatic heterocycles. The summed E-state index contributed by atoms with van der Waals surface area (Å²) >= 11 is 0. The first-order chi connectivity index (χ1) is 7.41. The van der Waals surface area contributed by atoms with Crippen molar-refractivity contribution in [1.82, 2.24) is 0 Å². The number of hydrogen-bond acceptors (Lipinski definition) is 5. The average molecular weight is 246 g/mol. The van der Waals surface area contributed by atoms with Gasteiger partial charge < -0.3 is 4.52 Å². The Balaban J connectivity index is 2.69. The van der Waals surface area contributed by atoms with E-state index in [1.807, 2.05) is 0 Å². The third kappa shape index (κ3) is 4.02. The minimum atomic E-state index is -4.44. The van der Waals surface area contributed by atoms with Gasteiger partial charge in [-0.3, -0.25) is 9.78 Å². The van der Waals surface area contributed by atoms with Gasteiger partial charge in [-0.25, -0.2) is 9.36 Å². The summed E-state index contributed by atoms with van der Waals surface area (Å²) in [5, 5.41) is 0. The number of benzene rings is 1. The van der Waals surface area contributed by atoms with E-state index in [1.165, 1.54) is 6.07 Å². The van der Waals surface area contributed by atoms with Gasteiger partial charge in [0.05, 0.1) is 0 Å². The van der Waals surface area contributed by atoms with Gasteiger partial charge in [0.1, 0.15) is 5.75 Å². The minimum Gasteiger partial charge on any atom is -0.402 e. The molecule has 0 radical (unpaired) electrons. The molecule has 0 bridgehead atoms. The van der Waals surface area contributed by atoms with E-state index in [4.69, 9.17) is 4.52 Å². The van der Waals surface area contributed by atoms with Gasteiger partial charge in [0.15, 0.2) is 0 Å². The van der Waals surface area contributed by atoms with Crippen molar-refractivity contribution in [2.45, 2.75) is 13.8 Å². The molecular weight excluding hydrogens is 235 g/mol. The van der Waals surface area contributed by atoms with E-state index in [1.54, 1.807) is 25.1 Å². The van der Waals surface area contributed by atoms with Crippen LogP contribution in [0.3, 0.4) is 0 Å². The molecule has 0 spiro atoms. The highest BCUT2D eigenvalue weighted by Gasteiger charge is 2.26. The number of para-hydroxylation sites is 1. The lowest BCUT2D eigenvalue weighted by Gasteiger charge is -2.12. The molecule has 1 N–H and O–H groups in total. The zero-order chi connectivity index (χ0) is 12.2. The van der Waals surface area contributed by atoms with Crippen LogP contribution in [0.25, 0.3) is 0 Å². The highest BCUT2D eigenvalue weighted by Crippen LogP contribution is 2.44. The summed E-state index contributed by atoms with van der Waals surface area (Å²) in [4.78, 5) is 23.5. The van der Waals surface area contributed by atoms with Crippen LogP contribution in [-0.2, 0) is 18.9 Å². The van der Waals surface area contributed by atoms with E-state index >= 15 is 0 Å². The van der Waals surface area contributed by atoms with Crippen molar-refractivity contribution < 1.29 is 28.3 Å². The zero-order valence-corrected chi connectivity index (χ0v) is 9.64. The number of hydrogen-bond donors (Lipinski definition) is 1. The molecule has 1 unspecified atom stereocenters. The number of aryl methyl sites for hydroxylation is 1. The Morgan fingerprint density at radius 1 is 1.38 bits per heavy atom. The van der Waals surface area contributed by atoms with E-state index in [0.717, 1.165) is 6.92 Å². The summed E-state index contributed by atoms with van der Waals surface area (Å²) in [5.41, 5.74) is 0.656. The van der Waals surface area contributed by atoms with Crippen LogP contribution in [-0.4, -0.2) is 10.9 Å². The van der Waals surface area contributed by atoms with E-state index in [0.29, 0.717) is 5.56 Å². The molecule has 0 amide bonds. The molecule has 0 aromatic heterocycles. The maximum absolute atomic E-state index is 11.3. The van der Waals surface area contributed by atoms with Gasteiger partial charge in [0.2, 0.25) is 0 Å². The van der Waals surface area contributed by atoms with Crippen molar-refractivity contribution in [2.75, 3.05) is 0 Å². The van der Waals surface area contributed by atoms with Crippen LogP contribution in [0.4, 0.5) is 0 Å². The summed E-state index contributed by atoms with van der Waals surface area (Å²) in [7, 11) is -4.44. The molecule has 88 valence electrons. The van der Waals surface area contributed by atoms with Crippen LogP contribution in [0, 0.1) is 6.92 Å². The molecule has 1 aromatic rings. The zero-order valence-electron chi connectivity index (χ0n) is 8.75. The second-order valence-electron chi connectivity index (χ2n) is 2.97. The van der Waals surface area contributed by atoms with Crippen LogP contribution < -0.4 is 4.52 Å². The molecule has 0 heterocycles. The number of phosphoric ester groups is 1. The minimum absolute atomic E-state index is 0.181. The van der Waals surface area contributed by atoms with Crippen LogP contribution in [0.15, 0.2) is 24.3 Å². The highest BCUT2D eigenvalue weighted by atomic mass is 31.2. The van der Waals surface area contributed by atoms with Crippen LogP contribution in [0.2, 0.25) is 0 Å². The number of rotatable bonds is 4. The third-order valence-corrected chi connectivity index (χ3v) is 2.25. The van der Waals surface area contributed by atoms with Crippen LogP contribution in [0.1, 0.15) is 12.5 Å². The SMILES string of the molecule is CC(=O)OOP(=O)(O)Oc1ccccc1C. The van der Waals surface area contributed by atoms with Crippen molar-refractivity contribution in [3.63, 3.8) is 0 Å². The lowest BCUT2D eigenvalue weighted by atomic mass is 10.2. The standard InChI is InChI=1S/C9H11O6P/c1-7-5-3-4-6-9(7)14-16(11,12)15-13-8(2)10/h3-6H,1-2H3,(H,11,12). The van der Waals surface area contributed by atoms with Gasteiger partial charge in [-0.05, 0) is 18.6 Å². The van der Waals surface area contributed by atoms with Gasteiger partial charge in [-0.2, -0.15) is 0 Å². The summed E-state index contributed by atoms with van der Waals surface area (Å²) in [6, 6.07) is 6.57. The fourth-order valence-electron chi connectivity index (χ4n) is 0.898. The monoisotopic (exact) mass is 246 g/mol. The normalized spacial score (nSPS) is 13.9. The average Bonchev–Trinajstić information content (AvgIpc) is 2.19. The van der Waals surface area contributed by atoms with E-state index in [9.17, 15) is 14.3 Å². The molecule has 0 fully saturated rings. The number of carbonyl (C=O) groups excluding carboxylic acids is 1. The van der Waals surface area contributed by atoms with Crippen molar-refractivity contribution in [3.8, 4) is 5.75 Å². The first kappa shape index (κ1) is 12.7. The van der Waals surface area contributed by atoms with Gasteiger partial charge in [0.25, 0.3) is 0 Å². The molecule has 1 atom stereocenters. The van der Waals surface area contributed by atoms with Crippen molar-refractivity contribution in [2.24, 2.45) is 0 Å². The van der Waals surface area contributed by atoms with Gasteiger partial charge >= 0.3 is 13.8 Å². The molecule has 7 heteroatoms.